The maximum Gasteiger partial charge on any atom is 0.191 e. The predicted octanol–water partition coefficient (Wildman–Crippen LogP) is 3.74. The Bertz CT molecular complexity index is 728. The zero-order valence-corrected chi connectivity index (χ0v) is 16.3. The van der Waals surface area contributed by atoms with Crippen LogP contribution in [0.1, 0.15) is 42.8 Å². The van der Waals surface area contributed by atoms with E-state index < -0.39 is 0 Å². The first kappa shape index (κ1) is 19.8. The number of nitrogens with one attached hydrogen (secondary N) is 2. The van der Waals surface area contributed by atoms with Crippen LogP contribution in [0.3, 0.4) is 0 Å². The summed E-state index contributed by atoms with van der Waals surface area (Å²) < 4.78 is 5.88. The number of aliphatic imine (C=N–C) groups is 1. The summed E-state index contributed by atoms with van der Waals surface area (Å²) in [6.45, 7) is 11.0. The summed E-state index contributed by atoms with van der Waals surface area (Å²) in [4.78, 5) is 9.22. The van der Waals surface area contributed by atoms with Crippen LogP contribution < -0.4 is 15.4 Å². The largest absolute Gasteiger partial charge is 0.493 e. The number of pyridine rings is 1. The Morgan fingerprint density at radius 1 is 1.12 bits per heavy atom. The molecule has 0 aliphatic heterocycles. The van der Waals surface area contributed by atoms with Crippen LogP contribution in [0.4, 0.5) is 0 Å². The van der Waals surface area contributed by atoms with E-state index in [0.29, 0.717) is 13.1 Å². The maximum absolute atomic E-state index is 5.88. The van der Waals surface area contributed by atoms with Crippen molar-refractivity contribution in [3.8, 4) is 5.75 Å². The number of ether oxygens (including phenoxy) is 1. The van der Waals surface area contributed by atoms with E-state index in [1.54, 1.807) is 0 Å². The first-order valence-corrected chi connectivity index (χ1v) is 9.29. The predicted molar refractivity (Wildman–Crippen MR) is 108 cm³/mol. The normalized spacial score (nSPS) is 11.3. The van der Waals surface area contributed by atoms with Crippen molar-refractivity contribution in [2.75, 3.05) is 13.2 Å². The Morgan fingerprint density at radius 2 is 1.96 bits per heavy atom. The number of guanidine groups is 1. The van der Waals surface area contributed by atoms with Crippen molar-refractivity contribution in [3.05, 3.63) is 58.9 Å². The van der Waals surface area contributed by atoms with Crippen molar-refractivity contribution in [3.63, 3.8) is 0 Å². The van der Waals surface area contributed by atoms with Gasteiger partial charge in [-0.2, -0.15) is 0 Å². The number of hydrogen-bond acceptors (Lipinski definition) is 3. The van der Waals surface area contributed by atoms with Crippen molar-refractivity contribution in [1.82, 2.24) is 15.6 Å². The molecule has 2 aromatic rings. The van der Waals surface area contributed by atoms with Crippen LogP contribution in [0.25, 0.3) is 0 Å². The minimum absolute atomic E-state index is 0.565. The van der Waals surface area contributed by atoms with Crippen molar-refractivity contribution < 1.29 is 4.74 Å². The Kier molecular flexibility index (Phi) is 7.93. The monoisotopic (exact) mass is 354 g/mol. The summed E-state index contributed by atoms with van der Waals surface area (Å²) in [5, 5.41) is 6.63. The average molecular weight is 354 g/mol. The third-order valence-electron chi connectivity index (χ3n) is 3.82. The number of aryl methyl sites for hydroxylation is 2. The minimum atomic E-state index is 0.565. The second-order valence-electron chi connectivity index (χ2n) is 6.28. The second kappa shape index (κ2) is 10.4. The Morgan fingerprint density at radius 3 is 2.69 bits per heavy atom. The van der Waals surface area contributed by atoms with Gasteiger partial charge >= 0.3 is 0 Å². The molecule has 0 atom stereocenters. The zero-order chi connectivity index (χ0) is 18.8. The molecule has 5 heteroatoms. The third-order valence-corrected chi connectivity index (χ3v) is 3.82. The fraction of sp³-hybridized carbons (Fsp3) is 0.429. The standard InChI is InChI=1S/C21H30N4O/c1-5-12-26-20-13-16(3)10-11-18(20)14-23-21(22-6-2)24-15-19-9-7-8-17(4)25-19/h7-11,13H,5-6,12,14-15H2,1-4H3,(H2,22,23,24). The Hall–Kier alpha value is -2.56. The van der Waals surface area contributed by atoms with Gasteiger partial charge in [0.25, 0.3) is 0 Å². The molecular weight excluding hydrogens is 324 g/mol. The van der Waals surface area contributed by atoms with Gasteiger partial charge in [0.2, 0.25) is 0 Å². The number of nitrogens with zero attached hydrogens (tertiary/aromatic N) is 2. The van der Waals surface area contributed by atoms with Crippen molar-refractivity contribution >= 4 is 5.96 Å². The van der Waals surface area contributed by atoms with Crippen LogP contribution in [-0.2, 0) is 13.1 Å². The molecule has 0 unspecified atom stereocenters. The Balaban J connectivity index is 2.06. The molecule has 0 saturated heterocycles. The molecule has 0 spiro atoms. The van der Waals surface area contributed by atoms with Gasteiger partial charge in [-0.25, -0.2) is 4.99 Å². The summed E-state index contributed by atoms with van der Waals surface area (Å²) in [5.41, 5.74) is 4.30. The maximum atomic E-state index is 5.88. The molecule has 1 aromatic carbocycles. The lowest BCUT2D eigenvalue weighted by molar-refractivity contribution is 0.314. The SMILES string of the molecule is CCCOc1cc(C)ccc1CN=C(NCC)NCc1cccc(C)n1. The molecule has 0 amide bonds. The number of benzene rings is 1. The lowest BCUT2D eigenvalue weighted by Gasteiger charge is -2.13. The molecule has 2 rings (SSSR count). The van der Waals surface area contributed by atoms with Gasteiger partial charge in [-0.15, -0.1) is 0 Å². The molecule has 140 valence electrons. The van der Waals surface area contributed by atoms with Crippen molar-refractivity contribution in [2.24, 2.45) is 4.99 Å². The van der Waals surface area contributed by atoms with Gasteiger partial charge in [0.15, 0.2) is 5.96 Å². The molecule has 1 heterocycles. The van der Waals surface area contributed by atoms with E-state index in [1.807, 2.05) is 25.1 Å². The van der Waals surface area contributed by atoms with Crippen LogP contribution in [0.15, 0.2) is 41.4 Å². The summed E-state index contributed by atoms with van der Waals surface area (Å²) in [5.74, 6) is 1.70. The van der Waals surface area contributed by atoms with Crippen LogP contribution in [-0.4, -0.2) is 24.1 Å². The summed E-state index contributed by atoms with van der Waals surface area (Å²) in [7, 11) is 0. The van der Waals surface area contributed by atoms with E-state index in [4.69, 9.17) is 9.73 Å². The van der Waals surface area contributed by atoms with E-state index in [-0.39, 0.29) is 0 Å². The number of hydrogen-bond donors (Lipinski definition) is 2. The fourth-order valence-corrected chi connectivity index (χ4v) is 2.52. The highest BCUT2D eigenvalue weighted by atomic mass is 16.5. The molecule has 1 aromatic heterocycles. The number of aromatic nitrogens is 1. The molecule has 0 saturated carbocycles. The third kappa shape index (κ3) is 6.39. The van der Waals surface area contributed by atoms with Gasteiger partial charge in [0.05, 0.1) is 25.4 Å². The van der Waals surface area contributed by atoms with Gasteiger partial charge in [-0.05, 0) is 51.0 Å². The van der Waals surface area contributed by atoms with Crippen LogP contribution in [0.5, 0.6) is 5.75 Å². The van der Waals surface area contributed by atoms with Gasteiger partial charge in [0.1, 0.15) is 5.75 Å². The summed E-state index contributed by atoms with van der Waals surface area (Å²) in [6.07, 6.45) is 0.990. The first-order chi connectivity index (χ1) is 12.6. The van der Waals surface area contributed by atoms with E-state index in [1.165, 1.54) is 5.56 Å². The van der Waals surface area contributed by atoms with Gasteiger partial charge in [-0.3, -0.25) is 4.98 Å². The molecular formula is C21H30N4O. The minimum Gasteiger partial charge on any atom is -0.493 e. The Labute approximate surface area is 156 Å². The van der Waals surface area contributed by atoms with E-state index >= 15 is 0 Å². The summed E-state index contributed by atoms with van der Waals surface area (Å²) >= 11 is 0. The average Bonchev–Trinajstić information content (AvgIpc) is 2.63. The van der Waals surface area contributed by atoms with Crippen LogP contribution >= 0.6 is 0 Å². The molecule has 0 aliphatic carbocycles. The number of rotatable bonds is 8. The quantitative estimate of drug-likeness (QED) is 0.560. The highest BCUT2D eigenvalue weighted by Crippen LogP contribution is 2.21. The van der Waals surface area contributed by atoms with Crippen molar-refractivity contribution in [2.45, 2.75) is 47.2 Å². The smallest absolute Gasteiger partial charge is 0.191 e. The van der Waals surface area contributed by atoms with Crippen LogP contribution in [0, 0.1) is 13.8 Å². The molecule has 2 N–H and O–H groups in total. The second-order valence-corrected chi connectivity index (χ2v) is 6.28. The highest BCUT2D eigenvalue weighted by molar-refractivity contribution is 5.79. The van der Waals surface area contributed by atoms with E-state index in [0.717, 1.165) is 48.2 Å². The van der Waals surface area contributed by atoms with Crippen molar-refractivity contribution in [1.29, 1.82) is 0 Å². The zero-order valence-electron chi connectivity index (χ0n) is 16.3. The fourth-order valence-electron chi connectivity index (χ4n) is 2.52. The first-order valence-electron chi connectivity index (χ1n) is 9.29. The topological polar surface area (TPSA) is 58.5 Å². The molecule has 0 aliphatic rings. The van der Waals surface area contributed by atoms with Gasteiger partial charge < -0.3 is 15.4 Å². The summed E-state index contributed by atoms with van der Waals surface area (Å²) in [6, 6.07) is 12.3. The van der Waals surface area contributed by atoms with Gasteiger partial charge in [0, 0.05) is 17.8 Å². The molecule has 26 heavy (non-hydrogen) atoms. The molecule has 5 nitrogen and oxygen atoms in total. The molecule has 0 fully saturated rings. The van der Waals surface area contributed by atoms with E-state index in [9.17, 15) is 0 Å². The molecule has 0 bridgehead atoms. The lowest BCUT2D eigenvalue weighted by Crippen LogP contribution is -2.37. The molecule has 0 radical (unpaired) electrons. The van der Waals surface area contributed by atoms with Gasteiger partial charge in [-0.1, -0.05) is 25.1 Å². The lowest BCUT2D eigenvalue weighted by atomic mass is 10.1. The van der Waals surface area contributed by atoms with E-state index in [2.05, 4.69) is 54.6 Å². The highest BCUT2D eigenvalue weighted by Gasteiger charge is 2.05. The van der Waals surface area contributed by atoms with Crippen LogP contribution in [0.2, 0.25) is 0 Å².